The van der Waals surface area contributed by atoms with Gasteiger partial charge in [-0.15, -0.1) is 0 Å². The lowest BCUT2D eigenvalue weighted by Gasteiger charge is -2.06. The number of aromatic amines is 2. The van der Waals surface area contributed by atoms with Gasteiger partial charge in [0, 0.05) is 34.6 Å². The molecule has 1 aliphatic rings. The van der Waals surface area contributed by atoms with Crippen LogP contribution in [-0.2, 0) is 4.79 Å². The number of aromatic nitrogens is 6. The van der Waals surface area contributed by atoms with Crippen molar-refractivity contribution in [2.45, 2.75) is 12.8 Å². The van der Waals surface area contributed by atoms with E-state index in [9.17, 15) is 9.18 Å². The highest BCUT2D eigenvalue weighted by Gasteiger charge is 2.29. The minimum absolute atomic E-state index is 0.0320. The molecular weight excluding hydrogens is 469 g/mol. The van der Waals surface area contributed by atoms with E-state index in [2.05, 4.69) is 35.5 Å². The fraction of sp³-hybridized carbons (Fsp3) is 0.107. The Balaban J connectivity index is 1.28. The normalized spacial score (nSPS) is 13.3. The van der Waals surface area contributed by atoms with Crippen molar-refractivity contribution in [1.29, 1.82) is 0 Å². The van der Waals surface area contributed by atoms with E-state index in [4.69, 9.17) is 0 Å². The Morgan fingerprint density at radius 1 is 0.973 bits per heavy atom. The molecule has 1 saturated carbocycles. The first-order chi connectivity index (χ1) is 18.1. The van der Waals surface area contributed by atoms with Gasteiger partial charge in [-0.25, -0.2) is 9.37 Å². The molecule has 0 bridgehead atoms. The molecule has 1 aliphatic carbocycles. The molecule has 180 valence electrons. The Morgan fingerprint density at radius 2 is 1.89 bits per heavy atom. The summed E-state index contributed by atoms with van der Waals surface area (Å²) in [6, 6.07) is 14.2. The lowest BCUT2D eigenvalue weighted by molar-refractivity contribution is -0.117. The van der Waals surface area contributed by atoms with Gasteiger partial charge in [-0.05, 0) is 60.4 Å². The van der Waals surface area contributed by atoms with Crippen LogP contribution in [0.1, 0.15) is 12.8 Å². The SMILES string of the molecule is O=C(Nc1cncc(-c2cc3c(-c4cc5c(-c6cccc(F)c6)ccnc5[nH]4)n[nH]c3cn2)c1)C1CC1. The highest BCUT2D eigenvalue weighted by molar-refractivity contribution is 6.00. The summed E-state index contributed by atoms with van der Waals surface area (Å²) in [7, 11) is 0. The molecule has 6 aromatic rings. The Bertz CT molecular complexity index is 1820. The number of nitrogens with zero attached hydrogens (tertiary/aromatic N) is 4. The summed E-state index contributed by atoms with van der Waals surface area (Å²) < 4.78 is 13.9. The Labute approximate surface area is 210 Å². The molecule has 1 fully saturated rings. The quantitative estimate of drug-likeness (QED) is 0.287. The van der Waals surface area contributed by atoms with Crippen LogP contribution in [0.4, 0.5) is 10.1 Å². The summed E-state index contributed by atoms with van der Waals surface area (Å²) in [6.07, 6.45) is 8.67. The van der Waals surface area contributed by atoms with Crippen LogP contribution in [0.15, 0.2) is 73.3 Å². The van der Waals surface area contributed by atoms with E-state index in [1.165, 1.54) is 12.1 Å². The fourth-order valence-corrected chi connectivity index (χ4v) is 4.58. The van der Waals surface area contributed by atoms with Crippen molar-refractivity contribution < 1.29 is 9.18 Å². The number of anilines is 1. The van der Waals surface area contributed by atoms with Gasteiger partial charge in [0.05, 0.1) is 35.0 Å². The van der Waals surface area contributed by atoms with E-state index in [-0.39, 0.29) is 17.6 Å². The van der Waals surface area contributed by atoms with Gasteiger partial charge in [-0.3, -0.25) is 19.9 Å². The number of pyridine rings is 3. The van der Waals surface area contributed by atoms with E-state index in [0.717, 1.165) is 51.5 Å². The Hall–Kier alpha value is -4.92. The first-order valence-corrected chi connectivity index (χ1v) is 12.0. The lowest BCUT2D eigenvalue weighted by Crippen LogP contribution is -2.13. The van der Waals surface area contributed by atoms with Crippen LogP contribution < -0.4 is 5.32 Å². The largest absolute Gasteiger partial charge is 0.338 e. The van der Waals surface area contributed by atoms with E-state index in [0.29, 0.717) is 22.7 Å². The number of carbonyl (C=O) groups is 1. The number of benzene rings is 1. The number of rotatable bonds is 5. The first kappa shape index (κ1) is 21.4. The zero-order valence-electron chi connectivity index (χ0n) is 19.5. The van der Waals surface area contributed by atoms with Crippen LogP contribution in [0.5, 0.6) is 0 Å². The molecule has 8 nitrogen and oxygen atoms in total. The molecule has 0 radical (unpaired) electrons. The van der Waals surface area contributed by atoms with Crippen molar-refractivity contribution in [2.75, 3.05) is 5.32 Å². The van der Waals surface area contributed by atoms with Gasteiger partial charge < -0.3 is 10.3 Å². The molecule has 1 amide bonds. The van der Waals surface area contributed by atoms with Gasteiger partial charge >= 0.3 is 0 Å². The van der Waals surface area contributed by atoms with Gasteiger partial charge in [0.1, 0.15) is 17.2 Å². The average Bonchev–Trinajstić information content (AvgIpc) is 3.55. The van der Waals surface area contributed by atoms with E-state index in [1.54, 1.807) is 30.9 Å². The molecular formula is C28H20FN7O. The zero-order valence-corrected chi connectivity index (χ0v) is 19.5. The van der Waals surface area contributed by atoms with Gasteiger partial charge in [-0.1, -0.05) is 12.1 Å². The topological polar surface area (TPSA) is 112 Å². The highest BCUT2D eigenvalue weighted by atomic mass is 19.1. The number of amides is 1. The van der Waals surface area contributed by atoms with Crippen LogP contribution >= 0.6 is 0 Å². The fourth-order valence-electron chi connectivity index (χ4n) is 4.58. The summed E-state index contributed by atoms with van der Waals surface area (Å²) in [5.41, 5.74) is 6.76. The second-order valence-corrected chi connectivity index (χ2v) is 9.23. The number of nitrogens with one attached hydrogen (secondary N) is 3. The van der Waals surface area contributed by atoms with Crippen molar-refractivity contribution in [3.8, 4) is 33.8 Å². The second kappa shape index (κ2) is 8.34. The van der Waals surface area contributed by atoms with E-state index < -0.39 is 0 Å². The summed E-state index contributed by atoms with van der Waals surface area (Å²) in [6.45, 7) is 0. The van der Waals surface area contributed by atoms with Crippen molar-refractivity contribution in [3.05, 3.63) is 79.1 Å². The van der Waals surface area contributed by atoms with Crippen molar-refractivity contribution in [2.24, 2.45) is 5.92 Å². The minimum Gasteiger partial charge on any atom is -0.338 e. The predicted octanol–water partition coefficient (Wildman–Crippen LogP) is 5.72. The molecule has 1 aromatic carbocycles. The zero-order chi connectivity index (χ0) is 24.9. The van der Waals surface area contributed by atoms with Crippen LogP contribution in [-0.4, -0.2) is 36.0 Å². The number of hydrogen-bond acceptors (Lipinski definition) is 5. The molecule has 0 saturated heterocycles. The Kier molecular flexibility index (Phi) is 4.81. The van der Waals surface area contributed by atoms with Crippen molar-refractivity contribution in [1.82, 2.24) is 30.1 Å². The third-order valence-electron chi connectivity index (χ3n) is 6.62. The maximum Gasteiger partial charge on any atom is 0.227 e. The number of hydrogen-bond donors (Lipinski definition) is 3. The average molecular weight is 490 g/mol. The number of fused-ring (bicyclic) bond motifs is 2. The molecule has 0 aliphatic heterocycles. The van der Waals surface area contributed by atoms with Crippen molar-refractivity contribution in [3.63, 3.8) is 0 Å². The molecule has 0 unspecified atom stereocenters. The summed E-state index contributed by atoms with van der Waals surface area (Å²) in [4.78, 5) is 28.9. The van der Waals surface area contributed by atoms with Crippen LogP contribution in [0, 0.1) is 11.7 Å². The van der Waals surface area contributed by atoms with E-state index in [1.807, 2.05) is 30.3 Å². The lowest BCUT2D eigenvalue weighted by atomic mass is 10.0. The summed E-state index contributed by atoms with van der Waals surface area (Å²) >= 11 is 0. The molecule has 7 rings (SSSR count). The molecule has 0 spiro atoms. The predicted molar refractivity (Wildman–Crippen MR) is 139 cm³/mol. The third kappa shape index (κ3) is 3.90. The number of carbonyl (C=O) groups excluding carboxylic acids is 1. The summed E-state index contributed by atoms with van der Waals surface area (Å²) in [5, 5.41) is 12.3. The van der Waals surface area contributed by atoms with Crippen LogP contribution in [0.3, 0.4) is 0 Å². The number of halogens is 1. The molecule has 37 heavy (non-hydrogen) atoms. The molecule has 3 N–H and O–H groups in total. The monoisotopic (exact) mass is 489 g/mol. The highest BCUT2D eigenvalue weighted by Crippen LogP contribution is 2.35. The van der Waals surface area contributed by atoms with Gasteiger partial charge in [-0.2, -0.15) is 5.10 Å². The molecule has 5 aromatic heterocycles. The van der Waals surface area contributed by atoms with Gasteiger partial charge in [0.25, 0.3) is 0 Å². The minimum atomic E-state index is -0.290. The second-order valence-electron chi connectivity index (χ2n) is 9.23. The third-order valence-corrected chi connectivity index (χ3v) is 6.62. The van der Waals surface area contributed by atoms with Crippen LogP contribution in [0.2, 0.25) is 0 Å². The number of H-pyrrole nitrogens is 2. The van der Waals surface area contributed by atoms with Crippen LogP contribution in [0.25, 0.3) is 55.7 Å². The first-order valence-electron chi connectivity index (χ1n) is 12.0. The maximum absolute atomic E-state index is 13.9. The standard InChI is InChI=1S/C28H20FN7O/c29-18-3-1-2-16(8-18)20-6-7-31-27-21(20)10-24(34-27)26-22-11-23(32-14-25(22)35-36-26)17-9-19(13-30-12-17)33-28(37)15-4-5-15/h1-3,6-15H,4-5H2,(H,31,34)(H,33,37)(H,35,36). The molecule has 5 heterocycles. The molecule has 9 heteroatoms. The summed E-state index contributed by atoms with van der Waals surface area (Å²) in [5.74, 6) is -0.148. The van der Waals surface area contributed by atoms with Gasteiger partial charge in [0.15, 0.2) is 0 Å². The maximum atomic E-state index is 13.9. The van der Waals surface area contributed by atoms with Crippen molar-refractivity contribution >= 4 is 33.5 Å². The van der Waals surface area contributed by atoms with Gasteiger partial charge in [0.2, 0.25) is 5.91 Å². The molecule has 0 atom stereocenters. The Morgan fingerprint density at radius 3 is 2.76 bits per heavy atom. The van der Waals surface area contributed by atoms with E-state index >= 15 is 0 Å². The smallest absolute Gasteiger partial charge is 0.227 e.